The van der Waals surface area contributed by atoms with Gasteiger partial charge in [-0.25, -0.2) is 0 Å². The molecule has 4 nitrogen and oxygen atoms in total. The molecule has 1 aromatic carbocycles. The number of rotatable bonds is 5. The fraction of sp³-hybridized carbons (Fsp3) is 0.357. The summed E-state index contributed by atoms with van der Waals surface area (Å²) in [6.07, 6.45) is 0. The van der Waals surface area contributed by atoms with Gasteiger partial charge in [0.2, 0.25) is 0 Å². The van der Waals surface area contributed by atoms with E-state index in [9.17, 15) is 4.79 Å². The minimum Gasteiger partial charge on any atom is -0.322 e. The number of nitrogens with one attached hydrogen (secondary N) is 2. The van der Waals surface area contributed by atoms with Crippen LogP contribution in [0, 0.1) is 5.92 Å². The first kappa shape index (κ1) is 12.8. The lowest BCUT2D eigenvalue weighted by molar-refractivity contribution is 0.0195. The number of pyridine rings is 1. The van der Waals surface area contributed by atoms with Crippen molar-refractivity contribution in [3.8, 4) is 0 Å². The molecule has 0 bridgehead atoms. The highest BCUT2D eigenvalue weighted by atomic mass is 16.6. The van der Waals surface area contributed by atoms with Gasteiger partial charge in [0, 0.05) is 11.1 Å². The Bertz CT molecular complexity index is 575. The average molecular weight is 246 g/mol. The first-order chi connectivity index (χ1) is 8.66. The van der Waals surface area contributed by atoms with Crippen molar-refractivity contribution >= 4 is 10.9 Å². The fourth-order valence-corrected chi connectivity index (χ4v) is 1.68. The second-order valence-corrected chi connectivity index (χ2v) is 4.74. The van der Waals surface area contributed by atoms with E-state index in [1.165, 1.54) is 0 Å². The summed E-state index contributed by atoms with van der Waals surface area (Å²) in [5.41, 5.74) is 4.28. The molecule has 0 amide bonds. The molecule has 2 aromatic rings. The molecule has 1 aromatic heterocycles. The van der Waals surface area contributed by atoms with Gasteiger partial charge in [-0.3, -0.25) is 4.79 Å². The molecular weight excluding hydrogens is 228 g/mol. The van der Waals surface area contributed by atoms with Crippen LogP contribution >= 0.6 is 0 Å². The molecule has 0 aliphatic heterocycles. The van der Waals surface area contributed by atoms with Crippen LogP contribution in [0.25, 0.3) is 10.9 Å². The molecule has 4 heteroatoms. The molecule has 0 aliphatic carbocycles. The molecular formula is C14H18N2O2. The van der Waals surface area contributed by atoms with Gasteiger partial charge in [-0.1, -0.05) is 32.0 Å². The number of H-pyrrole nitrogens is 1. The van der Waals surface area contributed by atoms with Gasteiger partial charge >= 0.3 is 0 Å². The van der Waals surface area contributed by atoms with Crippen molar-refractivity contribution in [1.82, 2.24) is 10.5 Å². The zero-order valence-corrected chi connectivity index (χ0v) is 10.7. The normalized spacial score (nSPS) is 11.3. The summed E-state index contributed by atoms with van der Waals surface area (Å²) in [7, 11) is 0. The fourth-order valence-electron chi connectivity index (χ4n) is 1.68. The van der Waals surface area contributed by atoms with Crippen molar-refractivity contribution in [2.75, 3.05) is 6.61 Å². The van der Waals surface area contributed by atoms with Gasteiger partial charge in [0.15, 0.2) is 0 Å². The molecule has 18 heavy (non-hydrogen) atoms. The number of hydrogen-bond donors (Lipinski definition) is 2. The van der Waals surface area contributed by atoms with E-state index < -0.39 is 0 Å². The van der Waals surface area contributed by atoms with E-state index in [0.29, 0.717) is 24.6 Å². The Morgan fingerprint density at radius 3 is 2.89 bits per heavy atom. The predicted molar refractivity (Wildman–Crippen MR) is 72.2 cm³/mol. The second-order valence-electron chi connectivity index (χ2n) is 4.74. The minimum absolute atomic E-state index is 0.0747. The zero-order chi connectivity index (χ0) is 13.0. The summed E-state index contributed by atoms with van der Waals surface area (Å²) in [5.74, 6) is 0.465. The average Bonchev–Trinajstić information content (AvgIpc) is 2.34. The minimum atomic E-state index is -0.0747. The van der Waals surface area contributed by atoms with E-state index in [1.807, 2.05) is 30.3 Å². The maximum atomic E-state index is 11.8. The number of fused-ring (bicyclic) bond motifs is 1. The molecule has 0 radical (unpaired) electrons. The van der Waals surface area contributed by atoms with E-state index in [-0.39, 0.29) is 5.56 Å². The van der Waals surface area contributed by atoms with Crippen LogP contribution in [0.2, 0.25) is 0 Å². The molecule has 0 saturated carbocycles. The van der Waals surface area contributed by atoms with E-state index in [1.54, 1.807) is 0 Å². The highest BCUT2D eigenvalue weighted by molar-refractivity contribution is 5.78. The van der Waals surface area contributed by atoms with Crippen LogP contribution in [-0.2, 0) is 11.4 Å². The molecule has 0 fully saturated rings. The highest BCUT2D eigenvalue weighted by Crippen LogP contribution is 2.09. The van der Waals surface area contributed by atoms with Crippen LogP contribution in [0.1, 0.15) is 19.4 Å². The molecule has 2 rings (SSSR count). The van der Waals surface area contributed by atoms with Crippen LogP contribution in [0.15, 0.2) is 35.1 Å². The first-order valence-electron chi connectivity index (χ1n) is 6.12. The first-order valence-corrected chi connectivity index (χ1v) is 6.12. The van der Waals surface area contributed by atoms with E-state index in [4.69, 9.17) is 4.84 Å². The molecule has 0 atom stereocenters. The maximum absolute atomic E-state index is 11.8. The molecule has 0 spiro atoms. The third-order valence-electron chi connectivity index (χ3n) is 2.61. The van der Waals surface area contributed by atoms with Crippen LogP contribution in [0.3, 0.4) is 0 Å². The summed E-state index contributed by atoms with van der Waals surface area (Å²) >= 11 is 0. The summed E-state index contributed by atoms with van der Waals surface area (Å²) in [6, 6.07) is 9.61. The van der Waals surface area contributed by atoms with Gasteiger partial charge < -0.3 is 9.82 Å². The van der Waals surface area contributed by atoms with E-state index >= 15 is 0 Å². The standard InChI is InChI=1S/C14H18N2O2/c1-10(2)9-18-15-8-12-7-11-5-3-4-6-13(11)16-14(12)17/h3-7,10,15H,8-9H2,1-2H3,(H,16,17). The van der Waals surface area contributed by atoms with E-state index in [0.717, 1.165) is 10.9 Å². The lowest BCUT2D eigenvalue weighted by atomic mass is 10.1. The molecule has 2 N–H and O–H groups in total. The second kappa shape index (κ2) is 5.80. The van der Waals surface area contributed by atoms with Gasteiger partial charge in [0.05, 0.1) is 13.2 Å². The van der Waals surface area contributed by atoms with Crippen molar-refractivity contribution in [1.29, 1.82) is 0 Å². The summed E-state index contributed by atoms with van der Waals surface area (Å²) in [6.45, 7) is 5.19. The number of hydrogen-bond acceptors (Lipinski definition) is 3. The van der Waals surface area contributed by atoms with Gasteiger partial charge in [-0.05, 0) is 23.4 Å². The van der Waals surface area contributed by atoms with Gasteiger partial charge in [-0.2, -0.15) is 5.48 Å². The summed E-state index contributed by atoms with van der Waals surface area (Å²) in [4.78, 5) is 19.9. The zero-order valence-electron chi connectivity index (χ0n) is 10.7. The number of hydroxylamine groups is 1. The molecule has 96 valence electrons. The number of aromatic nitrogens is 1. The third kappa shape index (κ3) is 3.18. The van der Waals surface area contributed by atoms with Crippen molar-refractivity contribution in [3.05, 3.63) is 46.2 Å². The Morgan fingerprint density at radius 2 is 2.11 bits per heavy atom. The quantitative estimate of drug-likeness (QED) is 0.628. The monoisotopic (exact) mass is 246 g/mol. The van der Waals surface area contributed by atoms with E-state index in [2.05, 4.69) is 24.3 Å². The molecule has 1 heterocycles. The van der Waals surface area contributed by atoms with Crippen LogP contribution in [0.5, 0.6) is 0 Å². The van der Waals surface area contributed by atoms with Crippen LogP contribution in [0.4, 0.5) is 0 Å². The molecule has 0 unspecified atom stereocenters. The SMILES string of the molecule is CC(C)CONCc1cc2ccccc2[nH]c1=O. The van der Waals surface area contributed by atoms with Gasteiger partial charge in [-0.15, -0.1) is 0 Å². The number of aromatic amines is 1. The summed E-state index contributed by atoms with van der Waals surface area (Å²) in [5, 5.41) is 1.03. The Kier molecular flexibility index (Phi) is 4.12. The third-order valence-corrected chi connectivity index (χ3v) is 2.61. The van der Waals surface area contributed by atoms with Crippen molar-refractivity contribution in [2.24, 2.45) is 5.92 Å². The highest BCUT2D eigenvalue weighted by Gasteiger charge is 2.02. The van der Waals surface area contributed by atoms with Gasteiger partial charge in [0.1, 0.15) is 0 Å². The Balaban J connectivity index is 2.08. The topological polar surface area (TPSA) is 54.1 Å². The predicted octanol–water partition coefficient (Wildman–Crippen LogP) is 2.21. The maximum Gasteiger partial charge on any atom is 0.253 e. The van der Waals surface area contributed by atoms with Crippen LogP contribution in [-0.4, -0.2) is 11.6 Å². The Labute approximate surface area is 106 Å². The Morgan fingerprint density at radius 1 is 1.33 bits per heavy atom. The van der Waals surface area contributed by atoms with Crippen molar-refractivity contribution < 1.29 is 4.84 Å². The Hall–Kier alpha value is -1.65. The number of benzene rings is 1. The lowest BCUT2D eigenvalue weighted by Crippen LogP contribution is -2.22. The van der Waals surface area contributed by atoms with Gasteiger partial charge in [0.25, 0.3) is 5.56 Å². The van der Waals surface area contributed by atoms with Crippen molar-refractivity contribution in [3.63, 3.8) is 0 Å². The smallest absolute Gasteiger partial charge is 0.253 e. The van der Waals surface area contributed by atoms with Crippen molar-refractivity contribution in [2.45, 2.75) is 20.4 Å². The lowest BCUT2D eigenvalue weighted by Gasteiger charge is -2.08. The van der Waals surface area contributed by atoms with Crippen LogP contribution < -0.4 is 11.0 Å². The molecule has 0 aliphatic rings. The number of para-hydroxylation sites is 1. The largest absolute Gasteiger partial charge is 0.322 e. The summed E-state index contributed by atoms with van der Waals surface area (Å²) < 4.78 is 0. The molecule has 0 saturated heterocycles.